The molecule has 4 nitrogen and oxygen atoms in total. The number of nitrogens with zero attached hydrogens (tertiary/aromatic N) is 2. The van der Waals surface area contributed by atoms with Crippen LogP contribution in [0.4, 0.5) is 0 Å². The van der Waals surface area contributed by atoms with Crippen LogP contribution in [-0.4, -0.2) is 16.9 Å². The van der Waals surface area contributed by atoms with Crippen molar-refractivity contribution in [3.63, 3.8) is 0 Å². The Bertz CT molecular complexity index is 645. The lowest BCUT2D eigenvalue weighted by molar-refractivity contribution is 0.407. The van der Waals surface area contributed by atoms with Crippen LogP contribution in [0.5, 0.6) is 5.75 Å². The van der Waals surface area contributed by atoms with Gasteiger partial charge in [-0.1, -0.05) is 13.8 Å². The molecule has 0 aliphatic carbocycles. The maximum atomic E-state index is 11.9. The van der Waals surface area contributed by atoms with Crippen LogP contribution in [0, 0.1) is 6.92 Å². The number of benzene rings is 1. The molecule has 0 atom stereocenters. The van der Waals surface area contributed by atoms with Crippen LogP contribution in [0.25, 0.3) is 5.69 Å². The first-order valence-corrected chi connectivity index (χ1v) is 6.28. The van der Waals surface area contributed by atoms with E-state index in [1.54, 1.807) is 13.2 Å². The van der Waals surface area contributed by atoms with Gasteiger partial charge in [-0.05, 0) is 42.7 Å². The van der Waals surface area contributed by atoms with Crippen LogP contribution in [0.1, 0.15) is 31.0 Å². The fourth-order valence-electron chi connectivity index (χ4n) is 1.99. The molecule has 0 aliphatic rings. The highest BCUT2D eigenvalue weighted by molar-refractivity contribution is 5.45. The first-order chi connectivity index (χ1) is 9.02. The van der Waals surface area contributed by atoms with Crippen molar-refractivity contribution in [1.29, 1.82) is 0 Å². The molecule has 2 rings (SSSR count). The number of rotatable bonds is 3. The zero-order chi connectivity index (χ0) is 14.0. The molecule has 2 aromatic rings. The van der Waals surface area contributed by atoms with Gasteiger partial charge in [-0.2, -0.15) is 9.78 Å². The van der Waals surface area contributed by atoms with E-state index >= 15 is 0 Å². The minimum absolute atomic E-state index is 0.134. The Balaban J connectivity index is 2.60. The van der Waals surface area contributed by atoms with Crippen LogP contribution >= 0.6 is 0 Å². The topological polar surface area (TPSA) is 44.1 Å². The lowest BCUT2D eigenvalue weighted by Crippen LogP contribution is -2.20. The molecular formula is C15H18N2O2. The first-order valence-electron chi connectivity index (χ1n) is 6.28. The zero-order valence-electron chi connectivity index (χ0n) is 11.7. The standard InChI is InChI=1S/C15H18N2O2/c1-10(2)13-9-12(6-7-14(13)19-4)17-15(18)8-5-11(3)16-17/h5-10H,1-4H3. The van der Waals surface area contributed by atoms with Gasteiger partial charge in [-0.15, -0.1) is 0 Å². The molecule has 1 heterocycles. The summed E-state index contributed by atoms with van der Waals surface area (Å²) >= 11 is 0. The monoisotopic (exact) mass is 258 g/mol. The first kappa shape index (κ1) is 13.3. The van der Waals surface area contributed by atoms with Gasteiger partial charge in [0.1, 0.15) is 5.75 Å². The van der Waals surface area contributed by atoms with Crippen molar-refractivity contribution in [2.75, 3.05) is 7.11 Å². The highest BCUT2D eigenvalue weighted by Crippen LogP contribution is 2.27. The molecule has 4 heteroatoms. The van der Waals surface area contributed by atoms with Gasteiger partial charge >= 0.3 is 0 Å². The summed E-state index contributed by atoms with van der Waals surface area (Å²) in [6.07, 6.45) is 0. The second kappa shape index (κ2) is 5.26. The second-order valence-electron chi connectivity index (χ2n) is 4.81. The molecule has 100 valence electrons. The molecule has 0 radical (unpaired) electrons. The largest absolute Gasteiger partial charge is 0.496 e. The van der Waals surface area contributed by atoms with Gasteiger partial charge in [-0.3, -0.25) is 4.79 Å². The summed E-state index contributed by atoms with van der Waals surface area (Å²) in [5.74, 6) is 1.15. The summed E-state index contributed by atoms with van der Waals surface area (Å²) in [7, 11) is 1.65. The molecule has 0 fully saturated rings. The van der Waals surface area contributed by atoms with E-state index in [1.807, 2.05) is 25.1 Å². The fourth-order valence-corrected chi connectivity index (χ4v) is 1.99. The van der Waals surface area contributed by atoms with Gasteiger partial charge in [0.15, 0.2) is 0 Å². The predicted octanol–water partition coefficient (Wildman–Crippen LogP) is 2.67. The Kier molecular flexibility index (Phi) is 3.69. The summed E-state index contributed by atoms with van der Waals surface area (Å²) in [6, 6.07) is 8.92. The van der Waals surface area contributed by atoms with Crippen molar-refractivity contribution in [3.8, 4) is 11.4 Å². The highest BCUT2D eigenvalue weighted by Gasteiger charge is 2.10. The maximum absolute atomic E-state index is 11.9. The van der Waals surface area contributed by atoms with Gasteiger partial charge in [0.05, 0.1) is 18.5 Å². The van der Waals surface area contributed by atoms with Crippen molar-refractivity contribution >= 4 is 0 Å². The third-order valence-electron chi connectivity index (χ3n) is 3.01. The Morgan fingerprint density at radius 3 is 2.58 bits per heavy atom. The molecule has 0 saturated heterocycles. The van der Waals surface area contributed by atoms with Crippen LogP contribution < -0.4 is 10.3 Å². The van der Waals surface area contributed by atoms with E-state index in [0.29, 0.717) is 5.92 Å². The van der Waals surface area contributed by atoms with Crippen LogP contribution in [0.3, 0.4) is 0 Å². The van der Waals surface area contributed by atoms with Gasteiger partial charge in [0.25, 0.3) is 5.56 Å². The van der Waals surface area contributed by atoms with Crippen molar-refractivity contribution in [2.45, 2.75) is 26.7 Å². The van der Waals surface area contributed by atoms with E-state index in [9.17, 15) is 4.79 Å². The van der Waals surface area contributed by atoms with Crippen molar-refractivity contribution in [3.05, 3.63) is 51.9 Å². The molecule has 1 aromatic heterocycles. The number of aromatic nitrogens is 2. The van der Waals surface area contributed by atoms with Crippen LogP contribution in [0.15, 0.2) is 35.1 Å². The number of ether oxygens (including phenoxy) is 1. The van der Waals surface area contributed by atoms with Crippen molar-refractivity contribution in [2.24, 2.45) is 0 Å². The lowest BCUT2D eigenvalue weighted by Gasteiger charge is -2.14. The van der Waals surface area contributed by atoms with E-state index in [1.165, 1.54) is 10.7 Å². The molecular weight excluding hydrogens is 240 g/mol. The average molecular weight is 258 g/mol. The number of hydrogen-bond donors (Lipinski definition) is 0. The third kappa shape index (κ3) is 2.67. The molecule has 0 spiro atoms. The summed E-state index contributed by atoms with van der Waals surface area (Å²) in [5.41, 5.74) is 2.50. The van der Waals surface area contributed by atoms with Crippen LogP contribution in [-0.2, 0) is 0 Å². The molecule has 1 aromatic carbocycles. The Hall–Kier alpha value is -2.10. The lowest BCUT2D eigenvalue weighted by atomic mass is 10.0. The molecule has 0 bridgehead atoms. The highest BCUT2D eigenvalue weighted by atomic mass is 16.5. The smallest absolute Gasteiger partial charge is 0.271 e. The van der Waals surface area contributed by atoms with Gasteiger partial charge < -0.3 is 4.74 Å². The van der Waals surface area contributed by atoms with Crippen molar-refractivity contribution in [1.82, 2.24) is 9.78 Å². The van der Waals surface area contributed by atoms with Gasteiger partial charge in [-0.25, -0.2) is 0 Å². The molecule has 0 N–H and O–H groups in total. The molecule has 0 aliphatic heterocycles. The number of methoxy groups -OCH3 is 1. The van der Waals surface area contributed by atoms with E-state index < -0.39 is 0 Å². The summed E-state index contributed by atoms with van der Waals surface area (Å²) in [4.78, 5) is 11.9. The average Bonchev–Trinajstić information content (AvgIpc) is 2.40. The van der Waals surface area contributed by atoms with E-state index in [4.69, 9.17) is 4.74 Å². The van der Waals surface area contributed by atoms with E-state index in [2.05, 4.69) is 18.9 Å². The number of aryl methyl sites for hydroxylation is 1. The van der Waals surface area contributed by atoms with Gasteiger partial charge in [0.2, 0.25) is 0 Å². The van der Waals surface area contributed by atoms with E-state index in [-0.39, 0.29) is 5.56 Å². The molecule has 0 saturated carbocycles. The normalized spacial score (nSPS) is 10.8. The predicted molar refractivity (Wildman–Crippen MR) is 75.2 cm³/mol. The number of hydrogen-bond acceptors (Lipinski definition) is 3. The zero-order valence-corrected chi connectivity index (χ0v) is 11.7. The summed E-state index contributed by atoms with van der Waals surface area (Å²) in [6.45, 7) is 6.05. The SMILES string of the molecule is COc1ccc(-n2nc(C)ccc2=O)cc1C(C)C. The summed E-state index contributed by atoms with van der Waals surface area (Å²) < 4.78 is 6.76. The summed E-state index contributed by atoms with van der Waals surface area (Å²) in [5, 5.41) is 4.26. The fraction of sp³-hybridized carbons (Fsp3) is 0.333. The Labute approximate surface area is 112 Å². The van der Waals surface area contributed by atoms with Gasteiger partial charge in [0, 0.05) is 6.07 Å². The Morgan fingerprint density at radius 1 is 1.21 bits per heavy atom. The minimum Gasteiger partial charge on any atom is -0.496 e. The quantitative estimate of drug-likeness (QED) is 0.850. The molecule has 19 heavy (non-hydrogen) atoms. The second-order valence-corrected chi connectivity index (χ2v) is 4.81. The third-order valence-corrected chi connectivity index (χ3v) is 3.01. The van der Waals surface area contributed by atoms with Crippen molar-refractivity contribution < 1.29 is 4.74 Å². The Morgan fingerprint density at radius 2 is 1.95 bits per heavy atom. The maximum Gasteiger partial charge on any atom is 0.271 e. The molecule has 0 unspecified atom stereocenters. The minimum atomic E-state index is -0.134. The van der Waals surface area contributed by atoms with E-state index in [0.717, 1.165) is 22.7 Å². The molecule has 0 amide bonds. The van der Waals surface area contributed by atoms with Crippen LogP contribution in [0.2, 0.25) is 0 Å².